The summed E-state index contributed by atoms with van der Waals surface area (Å²) in [6.07, 6.45) is -0.524. The minimum Gasteiger partial charge on any atom is -0.456 e. The second-order valence-electron chi connectivity index (χ2n) is 12.1. The van der Waals surface area contributed by atoms with E-state index in [0.717, 1.165) is 0 Å². The van der Waals surface area contributed by atoms with Gasteiger partial charge in [-0.2, -0.15) is 0 Å². The lowest BCUT2D eigenvalue weighted by Crippen LogP contribution is -2.64. The van der Waals surface area contributed by atoms with Crippen molar-refractivity contribution < 1.29 is 36.9 Å². The highest BCUT2D eigenvalue weighted by Gasteiger charge is 2.63. The molecule has 1 fully saturated rings. The van der Waals surface area contributed by atoms with Crippen molar-refractivity contribution in [3.05, 3.63) is 80.4 Å². The third-order valence-corrected chi connectivity index (χ3v) is 11.2. The molecule has 242 valence electrons. The Labute approximate surface area is 264 Å². The molecule has 0 aliphatic carbocycles. The van der Waals surface area contributed by atoms with Gasteiger partial charge >= 0.3 is 5.97 Å². The second-order valence-corrected chi connectivity index (χ2v) is 18.5. The zero-order chi connectivity index (χ0) is 33.4. The van der Waals surface area contributed by atoms with E-state index in [-0.39, 0.29) is 33.4 Å². The number of nitro benzene ring substituents is 1. The van der Waals surface area contributed by atoms with Gasteiger partial charge in [0.05, 0.1) is 38.4 Å². The van der Waals surface area contributed by atoms with Crippen LogP contribution in [0.3, 0.4) is 0 Å². The fourth-order valence-corrected chi connectivity index (χ4v) is 9.37. The summed E-state index contributed by atoms with van der Waals surface area (Å²) >= 11 is 0. The molecule has 0 N–H and O–H groups in total. The van der Waals surface area contributed by atoms with E-state index in [1.165, 1.54) is 52.3 Å². The van der Waals surface area contributed by atoms with Gasteiger partial charge in [0.1, 0.15) is 12.3 Å². The molecule has 2 aromatic carbocycles. The van der Waals surface area contributed by atoms with Crippen LogP contribution >= 0.6 is 0 Å². The third kappa shape index (κ3) is 6.44. The number of nitro groups is 1. The predicted molar refractivity (Wildman–Crippen MR) is 168 cm³/mol. The van der Waals surface area contributed by atoms with Crippen LogP contribution in [0.1, 0.15) is 43.6 Å². The molecule has 0 saturated carbocycles. The van der Waals surface area contributed by atoms with E-state index < -0.39 is 64.8 Å². The van der Waals surface area contributed by atoms with Gasteiger partial charge in [-0.25, -0.2) is 13.2 Å². The number of β-lactam (4-membered cyclic amide) rings is 1. The van der Waals surface area contributed by atoms with Gasteiger partial charge in [-0.05, 0) is 70.2 Å². The number of carbonyl (C=O) groups excluding carboxylic acids is 3. The fourth-order valence-electron chi connectivity index (χ4n) is 6.10. The monoisotopic (exact) mass is 657 g/mol. The SMILES string of the molecule is CCN(CC)C(=O)c1ccccc1S(=O)(=O)C1=C(C(=O)OCc2ccc([N+](=O)[O-])cc2)N2C(=O)C(C(C)O[Si](C)(C)C)[C@H]2C1C. The largest absolute Gasteiger partial charge is 0.456 e. The van der Waals surface area contributed by atoms with E-state index in [9.17, 15) is 32.9 Å². The number of hydrogen-bond acceptors (Lipinski definition) is 9. The van der Waals surface area contributed by atoms with Crippen LogP contribution in [0, 0.1) is 22.0 Å². The van der Waals surface area contributed by atoms with Crippen molar-refractivity contribution in [2.75, 3.05) is 13.1 Å². The van der Waals surface area contributed by atoms with Crippen LogP contribution in [0.25, 0.3) is 0 Å². The Balaban J connectivity index is 1.79. The first-order valence-electron chi connectivity index (χ1n) is 14.8. The first-order chi connectivity index (χ1) is 21.0. The summed E-state index contributed by atoms with van der Waals surface area (Å²) in [6, 6.07) is 10.5. The molecule has 2 aromatic rings. The third-order valence-electron chi connectivity index (χ3n) is 8.09. The molecule has 0 bridgehead atoms. The highest BCUT2D eigenvalue weighted by atomic mass is 32.2. The predicted octanol–water partition coefficient (Wildman–Crippen LogP) is 4.52. The molecule has 2 amide bonds. The Morgan fingerprint density at radius 2 is 1.67 bits per heavy atom. The number of carbonyl (C=O) groups is 3. The highest BCUT2D eigenvalue weighted by molar-refractivity contribution is 7.95. The molecule has 2 aliphatic rings. The maximum atomic E-state index is 14.5. The first-order valence-corrected chi connectivity index (χ1v) is 19.7. The molecular formula is C31H39N3O9SSi. The Bertz CT molecular complexity index is 1650. The zero-order valence-electron chi connectivity index (χ0n) is 26.5. The molecule has 4 atom stereocenters. The standard InChI is InChI=1S/C31H39N3O9SSi/c1-8-32(9-2)29(35)23-12-10-11-13-24(23)44(40,41)28-19(3)26-25(20(4)43-45(5,6)7)30(36)33(26)27(28)31(37)42-18-21-14-16-22(17-15-21)34(38)39/h10-17,19-20,25-26H,8-9,18H2,1-7H3/t19?,20?,25?,26-/m1/s1. The molecule has 0 aromatic heterocycles. The molecule has 0 radical (unpaired) electrons. The normalized spacial score (nSPS) is 20.4. The molecule has 2 aliphatic heterocycles. The van der Waals surface area contributed by atoms with Crippen molar-refractivity contribution in [3.63, 3.8) is 0 Å². The van der Waals surface area contributed by atoms with Gasteiger partial charge in [-0.3, -0.25) is 19.7 Å². The Morgan fingerprint density at radius 3 is 2.22 bits per heavy atom. The zero-order valence-corrected chi connectivity index (χ0v) is 28.3. The topological polar surface area (TPSA) is 153 Å². The lowest BCUT2D eigenvalue weighted by molar-refractivity contribution is -0.384. The van der Waals surface area contributed by atoms with Crippen LogP contribution in [-0.2, 0) is 35.2 Å². The van der Waals surface area contributed by atoms with Crippen molar-refractivity contribution in [1.82, 2.24) is 9.80 Å². The average Bonchev–Trinajstić information content (AvgIpc) is 3.24. The van der Waals surface area contributed by atoms with E-state index in [4.69, 9.17) is 9.16 Å². The summed E-state index contributed by atoms with van der Waals surface area (Å²) in [6.45, 7) is 13.4. The Hall–Kier alpha value is -3.88. The van der Waals surface area contributed by atoms with Gasteiger partial charge in [-0.15, -0.1) is 0 Å². The van der Waals surface area contributed by atoms with E-state index in [1.807, 2.05) is 19.6 Å². The molecule has 1 saturated heterocycles. The lowest BCUT2D eigenvalue weighted by Gasteiger charge is -2.48. The number of nitrogens with zero attached hydrogens (tertiary/aromatic N) is 3. The first kappa shape index (κ1) is 34.0. The minimum absolute atomic E-state index is 0.0351. The number of hydrogen-bond donors (Lipinski definition) is 0. The van der Waals surface area contributed by atoms with Gasteiger partial charge in [-0.1, -0.05) is 19.1 Å². The number of fused-ring (bicyclic) bond motifs is 1. The summed E-state index contributed by atoms with van der Waals surface area (Å²) in [5, 5.41) is 11.0. The van der Waals surface area contributed by atoms with Crippen LogP contribution in [0.5, 0.6) is 0 Å². The average molecular weight is 658 g/mol. The number of rotatable bonds is 12. The maximum absolute atomic E-state index is 14.5. The summed E-state index contributed by atoms with van der Waals surface area (Å²) in [5.74, 6) is -3.45. The smallest absolute Gasteiger partial charge is 0.356 e. The van der Waals surface area contributed by atoms with Crippen LogP contribution in [0.15, 0.2) is 64.0 Å². The summed E-state index contributed by atoms with van der Waals surface area (Å²) in [4.78, 5) is 53.4. The van der Waals surface area contributed by atoms with Gasteiger partial charge in [0.15, 0.2) is 8.32 Å². The van der Waals surface area contributed by atoms with Crippen LogP contribution < -0.4 is 0 Å². The van der Waals surface area contributed by atoms with Gasteiger partial charge < -0.3 is 19.0 Å². The minimum atomic E-state index is -4.51. The van der Waals surface area contributed by atoms with Crippen LogP contribution in [0.2, 0.25) is 19.6 Å². The van der Waals surface area contributed by atoms with Crippen molar-refractivity contribution in [2.24, 2.45) is 11.8 Å². The van der Waals surface area contributed by atoms with Crippen molar-refractivity contribution in [1.29, 1.82) is 0 Å². The summed E-state index contributed by atoms with van der Waals surface area (Å²) in [5.41, 5.74) is -0.131. The molecule has 0 spiro atoms. The maximum Gasteiger partial charge on any atom is 0.356 e. The number of sulfone groups is 1. The molecule has 4 rings (SSSR count). The van der Waals surface area contributed by atoms with Crippen LogP contribution in [0.4, 0.5) is 5.69 Å². The summed E-state index contributed by atoms with van der Waals surface area (Å²) < 4.78 is 40.8. The van der Waals surface area contributed by atoms with Crippen molar-refractivity contribution in [2.45, 2.75) is 71.0 Å². The molecule has 12 nitrogen and oxygen atoms in total. The van der Waals surface area contributed by atoms with Crippen molar-refractivity contribution in [3.8, 4) is 0 Å². The quantitative estimate of drug-likeness (QED) is 0.105. The lowest BCUT2D eigenvalue weighted by atomic mass is 9.79. The van der Waals surface area contributed by atoms with Gasteiger partial charge in [0, 0.05) is 31.1 Å². The van der Waals surface area contributed by atoms with Crippen LogP contribution in [-0.4, -0.2) is 74.5 Å². The van der Waals surface area contributed by atoms with Gasteiger partial charge in [0.2, 0.25) is 15.7 Å². The number of amides is 2. The molecule has 2 heterocycles. The highest BCUT2D eigenvalue weighted by Crippen LogP contribution is 2.51. The van der Waals surface area contributed by atoms with Crippen molar-refractivity contribution >= 4 is 41.6 Å². The van der Waals surface area contributed by atoms with E-state index in [2.05, 4.69) is 0 Å². The molecular weight excluding hydrogens is 619 g/mol. The van der Waals surface area contributed by atoms with E-state index >= 15 is 0 Å². The Morgan fingerprint density at radius 1 is 1.07 bits per heavy atom. The van der Waals surface area contributed by atoms with E-state index in [0.29, 0.717) is 18.7 Å². The van der Waals surface area contributed by atoms with Gasteiger partial charge in [0.25, 0.3) is 11.6 Å². The molecule has 45 heavy (non-hydrogen) atoms. The summed E-state index contributed by atoms with van der Waals surface area (Å²) in [7, 11) is -6.59. The fraction of sp³-hybridized carbons (Fsp3) is 0.452. The second kappa shape index (κ2) is 12.8. The number of ether oxygens (including phenoxy) is 1. The number of benzene rings is 2. The molecule has 14 heteroatoms. The number of non-ortho nitro benzene ring substituents is 1. The number of esters is 1. The van der Waals surface area contributed by atoms with E-state index in [1.54, 1.807) is 33.8 Å². The Kier molecular flexibility index (Phi) is 9.71. The molecule has 3 unspecified atom stereocenters.